The van der Waals surface area contributed by atoms with Gasteiger partial charge in [0.05, 0.1) is 13.0 Å². The molecule has 1 aromatic rings. The van der Waals surface area contributed by atoms with Crippen LogP contribution in [0, 0.1) is 0 Å². The predicted molar refractivity (Wildman–Crippen MR) is 77.2 cm³/mol. The first-order chi connectivity index (χ1) is 10.6. The van der Waals surface area contributed by atoms with Crippen LogP contribution < -0.4 is 9.47 Å². The van der Waals surface area contributed by atoms with Gasteiger partial charge in [-0.25, -0.2) is 0 Å². The maximum atomic E-state index is 12.3. The molecule has 22 heavy (non-hydrogen) atoms. The number of carboxylic acid groups (broad SMARTS) is 1. The highest BCUT2D eigenvalue weighted by atomic mass is 16.6. The highest BCUT2D eigenvalue weighted by molar-refractivity contribution is 5.83. The molecule has 1 heterocycles. The molecule has 7 heteroatoms. The Balaban J connectivity index is 2.03. The molecule has 0 saturated heterocycles. The van der Waals surface area contributed by atoms with E-state index in [0.717, 1.165) is 5.56 Å². The topological polar surface area (TPSA) is 85.3 Å². The van der Waals surface area contributed by atoms with E-state index in [4.69, 9.17) is 19.3 Å². The molecule has 1 aliphatic heterocycles. The quantitative estimate of drug-likeness (QED) is 0.792. The summed E-state index contributed by atoms with van der Waals surface area (Å²) in [4.78, 5) is 24.4. The first-order valence-electron chi connectivity index (χ1n) is 6.97. The molecule has 0 spiro atoms. The Kier molecular flexibility index (Phi) is 5.60. The summed E-state index contributed by atoms with van der Waals surface area (Å²) >= 11 is 0. The second kappa shape index (κ2) is 7.65. The molecule has 0 bridgehead atoms. The summed E-state index contributed by atoms with van der Waals surface area (Å²) in [6.07, 6.45) is 0.105. The molecular weight excluding hydrogens is 290 g/mol. The molecule has 1 N–H and O–H groups in total. The molecule has 0 radical (unpaired) electrons. The summed E-state index contributed by atoms with van der Waals surface area (Å²) in [5.41, 5.74) is 0.752. The second-order valence-electron chi connectivity index (χ2n) is 4.86. The highest BCUT2D eigenvalue weighted by Crippen LogP contribution is 2.30. The lowest BCUT2D eigenvalue weighted by atomic mass is 10.1. The van der Waals surface area contributed by atoms with Crippen LogP contribution in [-0.4, -0.2) is 61.9 Å². The third-order valence-electron chi connectivity index (χ3n) is 3.21. The van der Waals surface area contributed by atoms with Crippen LogP contribution >= 0.6 is 0 Å². The minimum Gasteiger partial charge on any atom is -0.486 e. The SMILES string of the molecule is COCCN(CC(=O)O)C(=O)Cc1ccc2c(c1)OCCO2. The van der Waals surface area contributed by atoms with Gasteiger partial charge in [-0.1, -0.05) is 6.07 Å². The van der Waals surface area contributed by atoms with Crippen molar-refractivity contribution in [1.82, 2.24) is 4.90 Å². The van der Waals surface area contributed by atoms with Gasteiger partial charge in [0.25, 0.3) is 0 Å². The molecule has 1 aromatic carbocycles. The number of rotatable bonds is 7. The number of aliphatic carboxylic acids is 1. The minimum atomic E-state index is -1.05. The largest absolute Gasteiger partial charge is 0.486 e. The molecule has 1 amide bonds. The smallest absolute Gasteiger partial charge is 0.323 e. The van der Waals surface area contributed by atoms with Gasteiger partial charge in [0, 0.05) is 13.7 Å². The lowest BCUT2D eigenvalue weighted by Crippen LogP contribution is -2.38. The standard InChI is InChI=1S/C15H19NO6/c1-20-5-4-16(10-15(18)19)14(17)9-11-2-3-12-13(8-11)22-7-6-21-12/h2-3,8H,4-7,9-10H2,1H3,(H,18,19). The highest BCUT2D eigenvalue weighted by Gasteiger charge is 2.18. The van der Waals surface area contributed by atoms with Gasteiger partial charge in [0.1, 0.15) is 19.8 Å². The zero-order chi connectivity index (χ0) is 15.9. The number of methoxy groups -OCH3 is 1. The van der Waals surface area contributed by atoms with Gasteiger partial charge >= 0.3 is 5.97 Å². The molecule has 7 nitrogen and oxygen atoms in total. The fourth-order valence-corrected chi connectivity index (χ4v) is 2.14. The number of ether oxygens (including phenoxy) is 3. The van der Waals surface area contributed by atoms with Gasteiger partial charge in [-0.3, -0.25) is 9.59 Å². The molecule has 0 atom stereocenters. The van der Waals surface area contributed by atoms with E-state index in [0.29, 0.717) is 31.3 Å². The Morgan fingerprint density at radius 1 is 1.27 bits per heavy atom. The van der Waals surface area contributed by atoms with E-state index >= 15 is 0 Å². The Morgan fingerprint density at radius 3 is 2.68 bits per heavy atom. The van der Waals surface area contributed by atoms with Crippen molar-refractivity contribution in [3.8, 4) is 11.5 Å². The molecule has 0 unspecified atom stereocenters. The summed E-state index contributed by atoms with van der Waals surface area (Å²) in [5.74, 6) is -0.0507. The fraction of sp³-hybridized carbons (Fsp3) is 0.467. The second-order valence-corrected chi connectivity index (χ2v) is 4.86. The number of carbonyl (C=O) groups excluding carboxylic acids is 1. The summed E-state index contributed by atoms with van der Waals surface area (Å²) in [7, 11) is 1.50. The van der Waals surface area contributed by atoms with E-state index in [1.54, 1.807) is 18.2 Å². The molecular formula is C15H19NO6. The van der Waals surface area contributed by atoms with Gasteiger partial charge in [-0.15, -0.1) is 0 Å². The zero-order valence-corrected chi connectivity index (χ0v) is 12.4. The number of amides is 1. The summed E-state index contributed by atoms with van der Waals surface area (Å²) in [6, 6.07) is 5.29. The van der Waals surface area contributed by atoms with E-state index in [1.807, 2.05) is 0 Å². The summed E-state index contributed by atoms with van der Waals surface area (Å²) in [6.45, 7) is 1.18. The van der Waals surface area contributed by atoms with Crippen LogP contribution in [-0.2, 0) is 20.7 Å². The third-order valence-corrected chi connectivity index (χ3v) is 3.21. The lowest BCUT2D eigenvalue weighted by Gasteiger charge is -2.21. The monoisotopic (exact) mass is 309 g/mol. The number of benzene rings is 1. The van der Waals surface area contributed by atoms with Gasteiger partial charge in [-0.05, 0) is 17.7 Å². The van der Waals surface area contributed by atoms with E-state index in [2.05, 4.69) is 0 Å². The van der Waals surface area contributed by atoms with Crippen LogP contribution in [0.25, 0.3) is 0 Å². The average Bonchev–Trinajstić information content (AvgIpc) is 2.51. The molecule has 0 fully saturated rings. The van der Waals surface area contributed by atoms with Gasteiger partial charge < -0.3 is 24.2 Å². The number of carboxylic acids is 1. The first-order valence-corrected chi connectivity index (χ1v) is 6.97. The molecule has 0 aromatic heterocycles. The van der Waals surface area contributed by atoms with E-state index < -0.39 is 5.97 Å². The molecule has 0 saturated carbocycles. The average molecular weight is 309 g/mol. The first kappa shape index (κ1) is 16.1. The van der Waals surface area contributed by atoms with Crippen molar-refractivity contribution in [2.45, 2.75) is 6.42 Å². The zero-order valence-electron chi connectivity index (χ0n) is 12.4. The van der Waals surface area contributed by atoms with Gasteiger partial charge in [-0.2, -0.15) is 0 Å². The van der Waals surface area contributed by atoms with E-state index in [-0.39, 0.29) is 25.4 Å². The molecule has 1 aliphatic rings. The van der Waals surface area contributed by atoms with Crippen molar-refractivity contribution < 1.29 is 28.9 Å². The summed E-state index contributed by atoms with van der Waals surface area (Å²) < 4.78 is 15.8. The number of nitrogens with zero attached hydrogens (tertiary/aromatic N) is 1. The van der Waals surface area contributed by atoms with Crippen LogP contribution in [0.5, 0.6) is 11.5 Å². The maximum Gasteiger partial charge on any atom is 0.323 e. The molecule has 0 aliphatic carbocycles. The van der Waals surface area contributed by atoms with E-state index in [9.17, 15) is 9.59 Å². The number of fused-ring (bicyclic) bond motifs is 1. The van der Waals surface area contributed by atoms with Crippen molar-refractivity contribution in [3.63, 3.8) is 0 Å². The normalized spacial score (nSPS) is 12.8. The molecule has 2 rings (SSSR count). The Hall–Kier alpha value is -2.28. The Labute approximate surface area is 128 Å². The maximum absolute atomic E-state index is 12.3. The third kappa shape index (κ3) is 4.36. The number of hydrogen-bond acceptors (Lipinski definition) is 5. The van der Waals surface area contributed by atoms with Crippen molar-refractivity contribution in [2.24, 2.45) is 0 Å². The Morgan fingerprint density at radius 2 is 2.00 bits per heavy atom. The predicted octanol–water partition coefficient (Wildman–Crippen LogP) is 0.560. The van der Waals surface area contributed by atoms with Crippen LogP contribution in [0.4, 0.5) is 0 Å². The van der Waals surface area contributed by atoms with Gasteiger partial charge in [0.15, 0.2) is 11.5 Å². The van der Waals surface area contributed by atoms with Crippen molar-refractivity contribution >= 4 is 11.9 Å². The van der Waals surface area contributed by atoms with Crippen LogP contribution in [0.2, 0.25) is 0 Å². The Bertz CT molecular complexity index is 545. The van der Waals surface area contributed by atoms with Crippen molar-refractivity contribution in [1.29, 1.82) is 0 Å². The molecule has 120 valence electrons. The number of carbonyl (C=O) groups is 2. The lowest BCUT2D eigenvalue weighted by molar-refractivity contribution is -0.144. The number of hydrogen-bond donors (Lipinski definition) is 1. The summed E-state index contributed by atoms with van der Waals surface area (Å²) in [5, 5.41) is 8.89. The van der Waals surface area contributed by atoms with Crippen LogP contribution in [0.1, 0.15) is 5.56 Å². The van der Waals surface area contributed by atoms with E-state index in [1.165, 1.54) is 12.0 Å². The fourth-order valence-electron chi connectivity index (χ4n) is 2.14. The van der Waals surface area contributed by atoms with Crippen LogP contribution in [0.3, 0.4) is 0 Å². The van der Waals surface area contributed by atoms with Crippen LogP contribution in [0.15, 0.2) is 18.2 Å². The van der Waals surface area contributed by atoms with Crippen molar-refractivity contribution in [3.05, 3.63) is 23.8 Å². The minimum absolute atomic E-state index is 0.105. The van der Waals surface area contributed by atoms with Crippen molar-refractivity contribution in [2.75, 3.05) is 40.0 Å². The van der Waals surface area contributed by atoms with Gasteiger partial charge in [0.2, 0.25) is 5.91 Å².